The molecule has 1 aromatic carbocycles. The van der Waals surface area contributed by atoms with Gasteiger partial charge in [-0.25, -0.2) is 4.79 Å². The molecule has 4 amide bonds. The smallest absolute Gasteiger partial charge is 0.322 e. The van der Waals surface area contributed by atoms with Crippen molar-refractivity contribution in [1.82, 2.24) is 20.4 Å². The van der Waals surface area contributed by atoms with Gasteiger partial charge >= 0.3 is 6.03 Å². The lowest BCUT2D eigenvalue weighted by molar-refractivity contribution is -0.120. The van der Waals surface area contributed by atoms with Crippen molar-refractivity contribution in [2.24, 2.45) is 11.5 Å². The van der Waals surface area contributed by atoms with Gasteiger partial charge in [0.15, 0.2) is 0 Å². The Morgan fingerprint density at radius 2 is 1.91 bits per heavy atom. The lowest BCUT2D eigenvalue weighted by Gasteiger charge is -2.28. The van der Waals surface area contributed by atoms with Crippen LogP contribution in [0.15, 0.2) is 41.5 Å². The summed E-state index contributed by atoms with van der Waals surface area (Å²) in [7, 11) is 3.40. The number of allylic oxidation sites excluding steroid dienone is 3. The number of terminal acetylenes is 1. The number of likely N-dealkylation sites (tertiary alicyclic amines) is 1. The molecule has 43 heavy (non-hydrogen) atoms. The van der Waals surface area contributed by atoms with E-state index in [1.807, 2.05) is 26.0 Å². The molecule has 0 aliphatic carbocycles. The summed E-state index contributed by atoms with van der Waals surface area (Å²) in [6.45, 7) is 14.0. The summed E-state index contributed by atoms with van der Waals surface area (Å²) in [6.07, 6.45) is 12.9. The number of ether oxygens (including phenoxy) is 1. The Kier molecular flexibility index (Phi) is 17.0. The molecule has 10 nitrogen and oxygen atoms in total. The number of nitrogens with one attached hydrogen (secondary N) is 2. The largest absolute Gasteiger partial charge is 0.497 e. The number of amides is 4. The second kappa shape index (κ2) is 19.5. The number of carbonyl (C=O) groups is 3. The Morgan fingerprint density at radius 3 is 2.40 bits per heavy atom. The van der Waals surface area contributed by atoms with Gasteiger partial charge in [0.2, 0.25) is 0 Å². The van der Waals surface area contributed by atoms with Crippen LogP contribution in [0.4, 0.5) is 4.79 Å². The number of rotatable bonds is 8. The number of nitrogens with zero attached hydrogens (tertiary/aromatic N) is 2. The molecule has 6 N–H and O–H groups in total. The normalized spacial score (nSPS) is 20.3. The molecule has 3 unspecified atom stereocenters. The summed E-state index contributed by atoms with van der Waals surface area (Å²) in [5, 5.41) is 4.43. The molecule has 2 saturated heterocycles. The van der Waals surface area contributed by atoms with Crippen LogP contribution in [0.5, 0.6) is 5.75 Å². The zero-order chi connectivity index (χ0) is 32.5. The van der Waals surface area contributed by atoms with E-state index >= 15 is 0 Å². The SMILES string of the molecule is C#CCC1NC(=O)NC1=O.CC.CC/C(C)=C/C=C(\CC)C(CN)N1CCC(N)C1.COc1ccc2c(c1)C(=O)N(C)C2. The molecule has 0 bridgehead atoms. The Hall–Kier alpha value is -3.65. The van der Waals surface area contributed by atoms with Gasteiger partial charge in [0, 0.05) is 57.3 Å². The number of hydrogen-bond donors (Lipinski definition) is 4. The second-order valence-corrected chi connectivity index (χ2v) is 10.4. The highest BCUT2D eigenvalue weighted by Gasteiger charge is 2.28. The van der Waals surface area contributed by atoms with Crippen molar-refractivity contribution in [3.63, 3.8) is 0 Å². The highest BCUT2D eigenvalue weighted by atomic mass is 16.5. The van der Waals surface area contributed by atoms with E-state index < -0.39 is 12.1 Å². The van der Waals surface area contributed by atoms with Gasteiger partial charge in [-0.3, -0.25) is 19.8 Å². The minimum absolute atomic E-state index is 0.0777. The molecule has 3 atom stereocenters. The lowest BCUT2D eigenvalue weighted by Crippen LogP contribution is -2.41. The van der Waals surface area contributed by atoms with E-state index in [4.69, 9.17) is 22.6 Å². The summed E-state index contributed by atoms with van der Waals surface area (Å²) in [4.78, 5) is 36.8. The monoisotopic (exact) mass is 596 g/mol. The fraction of sp³-hybridized carbons (Fsp3) is 0.545. The zero-order valence-electron chi connectivity index (χ0n) is 27.0. The van der Waals surface area contributed by atoms with E-state index in [1.54, 1.807) is 25.1 Å². The third-order valence-electron chi connectivity index (χ3n) is 7.38. The number of nitrogens with two attached hydrogens (primary N) is 2. The number of urea groups is 1. The van der Waals surface area contributed by atoms with Crippen LogP contribution in [0.3, 0.4) is 0 Å². The minimum Gasteiger partial charge on any atom is -0.497 e. The Labute approximate surface area is 258 Å². The van der Waals surface area contributed by atoms with Crippen molar-refractivity contribution in [2.75, 3.05) is 33.8 Å². The van der Waals surface area contributed by atoms with Gasteiger partial charge in [0.05, 0.1) is 7.11 Å². The van der Waals surface area contributed by atoms with Gasteiger partial charge in [-0.2, -0.15) is 0 Å². The standard InChI is InChI=1S/C15H29N3.C10H11NO2.C6H6N2O2.C2H6/c1-4-12(3)6-7-13(5-2)15(10-16)18-9-8-14(17)11-18;1-11-6-7-3-4-8(13-2)5-9(7)10(11)12;1-2-3-4-5(9)8-6(10)7-4;1-2/h6-7,14-15H,4-5,8-11,16-17H2,1-3H3;3-5H,6H2,1-2H3;1,4H,3H2,(H2,7,8,9,10);1-2H3/b12-6+,13-7+;;;. The summed E-state index contributed by atoms with van der Waals surface area (Å²) in [6, 6.07) is 5.31. The average Bonchev–Trinajstić information content (AvgIpc) is 3.67. The molecule has 2 fully saturated rings. The van der Waals surface area contributed by atoms with E-state index in [2.05, 4.69) is 54.4 Å². The molecular weight excluding hydrogens is 544 g/mol. The molecule has 1 aromatic rings. The predicted octanol–water partition coefficient (Wildman–Crippen LogP) is 3.56. The van der Waals surface area contributed by atoms with Crippen LogP contribution in [0.1, 0.15) is 76.2 Å². The molecule has 3 aliphatic heterocycles. The molecular formula is C33H52N6O4. The molecule has 4 rings (SSSR count). The van der Waals surface area contributed by atoms with Gasteiger partial charge < -0.3 is 26.4 Å². The van der Waals surface area contributed by atoms with E-state index in [-0.39, 0.29) is 18.2 Å². The van der Waals surface area contributed by atoms with E-state index in [9.17, 15) is 14.4 Å². The number of fused-ring (bicyclic) bond motifs is 1. The Bertz CT molecular complexity index is 1170. The van der Waals surface area contributed by atoms with E-state index in [0.717, 1.165) is 49.2 Å². The predicted molar refractivity (Wildman–Crippen MR) is 173 cm³/mol. The van der Waals surface area contributed by atoms with Crippen LogP contribution >= 0.6 is 0 Å². The molecule has 0 radical (unpaired) electrons. The Morgan fingerprint density at radius 1 is 1.21 bits per heavy atom. The Balaban J connectivity index is 0.000000326. The maximum Gasteiger partial charge on any atom is 0.322 e. The topological polar surface area (TPSA) is 143 Å². The summed E-state index contributed by atoms with van der Waals surface area (Å²) in [5.41, 5.74) is 16.6. The molecule has 0 saturated carbocycles. The average molecular weight is 597 g/mol. The fourth-order valence-corrected chi connectivity index (χ4v) is 4.74. The summed E-state index contributed by atoms with van der Waals surface area (Å²) in [5.74, 6) is 2.76. The van der Waals surface area contributed by atoms with Crippen LogP contribution in [-0.4, -0.2) is 79.6 Å². The second-order valence-electron chi connectivity index (χ2n) is 10.4. The first kappa shape index (κ1) is 37.4. The van der Waals surface area contributed by atoms with Crippen molar-refractivity contribution in [1.29, 1.82) is 0 Å². The van der Waals surface area contributed by atoms with Gasteiger partial charge in [-0.15, -0.1) is 12.3 Å². The third-order valence-corrected chi connectivity index (χ3v) is 7.38. The summed E-state index contributed by atoms with van der Waals surface area (Å²) < 4.78 is 5.05. The first-order chi connectivity index (χ1) is 20.6. The van der Waals surface area contributed by atoms with Crippen molar-refractivity contribution in [3.05, 3.63) is 52.6 Å². The first-order valence-corrected chi connectivity index (χ1v) is 15.1. The molecule has 0 spiro atoms. The fourth-order valence-electron chi connectivity index (χ4n) is 4.74. The van der Waals surface area contributed by atoms with Gasteiger partial charge in [0.25, 0.3) is 11.8 Å². The third kappa shape index (κ3) is 11.5. The van der Waals surface area contributed by atoms with Crippen LogP contribution in [0.2, 0.25) is 0 Å². The summed E-state index contributed by atoms with van der Waals surface area (Å²) >= 11 is 0. The highest BCUT2D eigenvalue weighted by molar-refractivity contribution is 6.04. The van der Waals surface area contributed by atoms with Gasteiger partial charge in [-0.1, -0.05) is 57.1 Å². The van der Waals surface area contributed by atoms with Crippen molar-refractivity contribution < 1.29 is 19.1 Å². The number of hydrogen-bond acceptors (Lipinski definition) is 7. The molecule has 238 valence electrons. The molecule has 10 heteroatoms. The maximum absolute atomic E-state index is 11.5. The number of imide groups is 1. The van der Waals surface area contributed by atoms with Crippen molar-refractivity contribution in [2.45, 2.75) is 85.0 Å². The van der Waals surface area contributed by atoms with E-state index in [0.29, 0.717) is 25.2 Å². The molecule has 0 aromatic heterocycles. The van der Waals surface area contributed by atoms with Crippen molar-refractivity contribution in [3.8, 4) is 18.1 Å². The molecule has 3 heterocycles. The van der Waals surface area contributed by atoms with Crippen LogP contribution < -0.4 is 26.8 Å². The van der Waals surface area contributed by atoms with Crippen LogP contribution in [0.25, 0.3) is 0 Å². The minimum atomic E-state index is -0.530. The van der Waals surface area contributed by atoms with Gasteiger partial charge in [0.1, 0.15) is 11.8 Å². The quantitative estimate of drug-likeness (QED) is 0.204. The first-order valence-electron chi connectivity index (χ1n) is 15.1. The highest BCUT2D eigenvalue weighted by Crippen LogP contribution is 2.25. The van der Waals surface area contributed by atoms with Crippen LogP contribution in [0, 0.1) is 12.3 Å². The number of benzene rings is 1. The van der Waals surface area contributed by atoms with E-state index in [1.165, 1.54) is 11.1 Å². The van der Waals surface area contributed by atoms with Crippen LogP contribution in [-0.2, 0) is 11.3 Å². The number of carbonyl (C=O) groups excluding carboxylic acids is 3. The lowest BCUT2D eigenvalue weighted by atomic mass is 10.0. The van der Waals surface area contributed by atoms with Gasteiger partial charge in [-0.05, 0) is 43.9 Å². The van der Waals surface area contributed by atoms with Crippen molar-refractivity contribution >= 4 is 17.8 Å². The zero-order valence-corrected chi connectivity index (χ0v) is 27.0. The number of methoxy groups -OCH3 is 1. The maximum atomic E-state index is 11.5. The molecule has 3 aliphatic rings.